The van der Waals surface area contributed by atoms with Gasteiger partial charge in [-0.2, -0.15) is 0 Å². The number of carbonyl (C=O) groups is 1. The Balaban J connectivity index is 1.27. The maximum absolute atomic E-state index is 12.3. The molecule has 150 valence electrons. The predicted molar refractivity (Wildman–Crippen MR) is 119 cm³/mol. The fourth-order valence-corrected chi connectivity index (χ4v) is 4.54. The molecule has 0 atom stereocenters. The maximum Gasteiger partial charge on any atom is 0.234 e. The molecule has 7 heteroatoms. The monoisotopic (exact) mass is 426 g/mol. The van der Waals surface area contributed by atoms with Crippen LogP contribution in [0.15, 0.2) is 47.8 Å². The molecule has 0 saturated heterocycles. The van der Waals surface area contributed by atoms with E-state index in [-0.39, 0.29) is 5.91 Å². The molecule has 0 bridgehead atoms. The lowest BCUT2D eigenvalue weighted by Crippen LogP contribution is -2.14. The number of hydrogen-bond donors (Lipinski definition) is 1. The van der Waals surface area contributed by atoms with Gasteiger partial charge < -0.3 is 14.8 Å². The minimum Gasteiger partial charge on any atom is -0.490 e. The summed E-state index contributed by atoms with van der Waals surface area (Å²) >= 11 is 3.19. The molecule has 3 aromatic rings. The number of nitrogens with zero attached hydrogens (tertiary/aromatic N) is 1. The number of thiazole rings is 1. The normalized spacial score (nSPS) is 13.0. The molecule has 1 aliphatic heterocycles. The Bertz CT molecular complexity index is 986. The van der Waals surface area contributed by atoms with E-state index in [1.54, 1.807) is 23.1 Å². The number of benzene rings is 2. The first kappa shape index (κ1) is 19.8. The molecule has 0 fully saturated rings. The SMILES string of the molecule is Cc1ccc(-c2nc(CSCC(=O)Nc3ccc4c(c3)OCCCO4)cs2)cc1. The summed E-state index contributed by atoms with van der Waals surface area (Å²) in [5, 5.41) is 5.99. The number of ether oxygens (including phenoxy) is 2. The number of amides is 1. The summed E-state index contributed by atoms with van der Waals surface area (Å²) in [4.78, 5) is 17.0. The van der Waals surface area contributed by atoms with Gasteiger partial charge in [0.15, 0.2) is 11.5 Å². The third-order valence-corrected chi connectivity index (χ3v) is 6.27. The summed E-state index contributed by atoms with van der Waals surface area (Å²) in [6, 6.07) is 13.9. The molecule has 0 unspecified atom stereocenters. The fourth-order valence-electron chi connectivity index (χ4n) is 2.89. The number of fused-ring (bicyclic) bond motifs is 1. The summed E-state index contributed by atoms with van der Waals surface area (Å²) in [5.41, 5.74) is 4.08. The van der Waals surface area contributed by atoms with Crippen molar-refractivity contribution in [1.29, 1.82) is 0 Å². The molecule has 0 aliphatic carbocycles. The van der Waals surface area contributed by atoms with E-state index in [0.717, 1.165) is 34.1 Å². The van der Waals surface area contributed by atoms with Gasteiger partial charge in [-0.25, -0.2) is 4.98 Å². The van der Waals surface area contributed by atoms with Gasteiger partial charge in [0.25, 0.3) is 0 Å². The lowest BCUT2D eigenvalue weighted by atomic mass is 10.2. The largest absolute Gasteiger partial charge is 0.490 e. The van der Waals surface area contributed by atoms with Crippen LogP contribution in [0.4, 0.5) is 5.69 Å². The third-order valence-electron chi connectivity index (χ3n) is 4.36. The number of thioether (sulfide) groups is 1. The highest BCUT2D eigenvalue weighted by atomic mass is 32.2. The summed E-state index contributed by atoms with van der Waals surface area (Å²) in [7, 11) is 0. The quantitative estimate of drug-likeness (QED) is 0.591. The minimum atomic E-state index is -0.0431. The Morgan fingerprint density at radius 1 is 1.14 bits per heavy atom. The fraction of sp³-hybridized carbons (Fsp3) is 0.273. The van der Waals surface area contributed by atoms with Gasteiger partial charge in [-0.3, -0.25) is 4.79 Å². The summed E-state index contributed by atoms with van der Waals surface area (Å²) < 4.78 is 11.3. The first-order chi connectivity index (χ1) is 14.2. The van der Waals surface area contributed by atoms with Gasteiger partial charge in [0.05, 0.1) is 24.7 Å². The van der Waals surface area contributed by atoms with E-state index < -0.39 is 0 Å². The summed E-state index contributed by atoms with van der Waals surface area (Å²) in [6.45, 7) is 3.35. The van der Waals surface area contributed by atoms with E-state index in [2.05, 4.69) is 46.9 Å². The second-order valence-corrected chi connectivity index (χ2v) is 8.61. The highest BCUT2D eigenvalue weighted by Gasteiger charge is 2.12. The van der Waals surface area contributed by atoms with E-state index >= 15 is 0 Å². The number of rotatable bonds is 6. The van der Waals surface area contributed by atoms with Crippen LogP contribution in [0.3, 0.4) is 0 Å². The Hall–Kier alpha value is -2.51. The average molecular weight is 427 g/mol. The van der Waals surface area contributed by atoms with Gasteiger partial charge in [-0.05, 0) is 19.1 Å². The Morgan fingerprint density at radius 3 is 2.76 bits per heavy atom. The van der Waals surface area contributed by atoms with Gasteiger partial charge in [0.2, 0.25) is 5.91 Å². The van der Waals surface area contributed by atoms with Crippen LogP contribution in [0.5, 0.6) is 11.5 Å². The van der Waals surface area contributed by atoms with Gasteiger partial charge in [0, 0.05) is 34.9 Å². The van der Waals surface area contributed by atoms with Crippen LogP contribution in [0, 0.1) is 6.92 Å². The molecular formula is C22H22N2O3S2. The van der Waals surface area contributed by atoms with Crippen LogP contribution in [-0.4, -0.2) is 29.9 Å². The van der Waals surface area contributed by atoms with Crippen molar-refractivity contribution in [2.75, 3.05) is 24.3 Å². The van der Waals surface area contributed by atoms with Crippen molar-refractivity contribution in [3.63, 3.8) is 0 Å². The highest BCUT2D eigenvalue weighted by molar-refractivity contribution is 7.99. The van der Waals surface area contributed by atoms with Crippen LogP contribution in [0.2, 0.25) is 0 Å². The molecule has 1 N–H and O–H groups in total. The Morgan fingerprint density at radius 2 is 1.93 bits per heavy atom. The van der Waals surface area contributed by atoms with Crippen molar-refractivity contribution in [1.82, 2.24) is 4.98 Å². The first-order valence-electron chi connectivity index (χ1n) is 9.46. The van der Waals surface area contributed by atoms with Crippen LogP contribution in [0.1, 0.15) is 17.7 Å². The molecule has 4 rings (SSSR count). The van der Waals surface area contributed by atoms with Crippen molar-refractivity contribution in [2.45, 2.75) is 19.1 Å². The van der Waals surface area contributed by atoms with Crippen LogP contribution >= 0.6 is 23.1 Å². The van der Waals surface area contributed by atoms with Crippen molar-refractivity contribution < 1.29 is 14.3 Å². The number of hydrogen-bond acceptors (Lipinski definition) is 6. The van der Waals surface area contributed by atoms with Gasteiger partial charge in [-0.15, -0.1) is 23.1 Å². The molecule has 1 amide bonds. The second kappa shape index (κ2) is 9.33. The number of carbonyl (C=O) groups excluding carboxylic acids is 1. The summed E-state index contributed by atoms with van der Waals surface area (Å²) in [6.07, 6.45) is 0.856. The zero-order chi connectivity index (χ0) is 20.1. The topological polar surface area (TPSA) is 60.5 Å². The predicted octanol–water partition coefficient (Wildman–Crippen LogP) is 5.15. The molecule has 5 nitrogen and oxygen atoms in total. The van der Waals surface area contributed by atoms with E-state index in [1.807, 2.05) is 18.2 Å². The van der Waals surface area contributed by atoms with E-state index in [1.165, 1.54) is 5.56 Å². The van der Waals surface area contributed by atoms with Gasteiger partial charge in [0.1, 0.15) is 5.01 Å². The average Bonchev–Trinajstić information content (AvgIpc) is 3.06. The number of anilines is 1. The summed E-state index contributed by atoms with van der Waals surface area (Å²) in [5.74, 6) is 2.43. The molecule has 2 aromatic carbocycles. The number of aryl methyl sites for hydroxylation is 1. The zero-order valence-corrected chi connectivity index (χ0v) is 17.8. The number of nitrogens with one attached hydrogen (secondary N) is 1. The smallest absolute Gasteiger partial charge is 0.234 e. The molecular weight excluding hydrogens is 404 g/mol. The van der Waals surface area contributed by atoms with Crippen molar-refractivity contribution >= 4 is 34.7 Å². The standard InChI is InChI=1S/C22H22N2O3S2/c1-15-3-5-16(6-4-15)22-24-18(13-29-22)12-28-14-21(25)23-17-7-8-19-20(11-17)27-10-2-9-26-19/h3-8,11,13H,2,9-10,12,14H2,1H3,(H,23,25). The molecule has 29 heavy (non-hydrogen) atoms. The van der Waals surface area contributed by atoms with E-state index in [0.29, 0.717) is 30.5 Å². The Labute approximate surface area is 178 Å². The van der Waals surface area contributed by atoms with Gasteiger partial charge in [-0.1, -0.05) is 29.8 Å². The molecule has 1 aromatic heterocycles. The molecule has 0 radical (unpaired) electrons. The van der Waals surface area contributed by atoms with Crippen molar-refractivity contribution in [2.24, 2.45) is 0 Å². The molecule has 0 spiro atoms. The third kappa shape index (κ3) is 5.31. The highest BCUT2D eigenvalue weighted by Crippen LogP contribution is 2.32. The van der Waals surface area contributed by atoms with Crippen LogP contribution in [-0.2, 0) is 10.5 Å². The van der Waals surface area contributed by atoms with Crippen LogP contribution in [0.25, 0.3) is 10.6 Å². The van der Waals surface area contributed by atoms with E-state index in [4.69, 9.17) is 9.47 Å². The lowest BCUT2D eigenvalue weighted by molar-refractivity contribution is -0.113. The molecule has 1 aliphatic rings. The second-order valence-electron chi connectivity index (χ2n) is 6.76. The maximum atomic E-state index is 12.3. The Kier molecular flexibility index (Phi) is 6.36. The number of aromatic nitrogens is 1. The van der Waals surface area contributed by atoms with E-state index in [9.17, 15) is 4.79 Å². The zero-order valence-electron chi connectivity index (χ0n) is 16.1. The first-order valence-corrected chi connectivity index (χ1v) is 11.5. The van der Waals surface area contributed by atoms with Crippen molar-refractivity contribution in [3.8, 4) is 22.1 Å². The lowest BCUT2D eigenvalue weighted by Gasteiger charge is -2.10. The molecule has 2 heterocycles. The molecule has 0 saturated carbocycles. The van der Waals surface area contributed by atoms with Gasteiger partial charge >= 0.3 is 0 Å². The van der Waals surface area contributed by atoms with Crippen LogP contribution < -0.4 is 14.8 Å². The minimum absolute atomic E-state index is 0.0431. The van der Waals surface area contributed by atoms with Crippen molar-refractivity contribution in [3.05, 3.63) is 59.1 Å².